The maximum absolute atomic E-state index is 12.2. The van der Waals surface area contributed by atoms with E-state index < -0.39 is 0 Å². The number of hydrogen-bond donors (Lipinski definition) is 1. The van der Waals surface area contributed by atoms with Gasteiger partial charge in [-0.1, -0.05) is 0 Å². The molecule has 1 aliphatic rings. The van der Waals surface area contributed by atoms with Gasteiger partial charge in [0.15, 0.2) is 5.78 Å². The van der Waals surface area contributed by atoms with Gasteiger partial charge < -0.3 is 15.0 Å². The standard InChI is InChI=1S/C17H24N2O3.ClH/c1-18-14-9-11-19(12-10-14)17(21)8-7-16(20)13-3-5-15(22-2)6-4-13;/h3-6,14,18H,7-12H2,1-2H3;1H. The van der Waals surface area contributed by atoms with Crippen LogP contribution in [0.1, 0.15) is 36.0 Å². The first-order valence-corrected chi connectivity index (χ1v) is 7.76. The molecule has 23 heavy (non-hydrogen) atoms. The van der Waals surface area contributed by atoms with Gasteiger partial charge in [0.05, 0.1) is 7.11 Å². The SMILES string of the molecule is CNC1CCN(C(=O)CCC(=O)c2ccc(OC)cc2)CC1.Cl. The van der Waals surface area contributed by atoms with Crippen LogP contribution < -0.4 is 10.1 Å². The van der Waals surface area contributed by atoms with Gasteiger partial charge in [0.2, 0.25) is 5.91 Å². The molecule has 1 heterocycles. The lowest BCUT2D eigenvalue weighted by Gasteiger charge is -2.31. The third-order valence-electron chi connectivity index (χ3n) is 4.23. The third kappa shape index (κ3) is 5.52. The first-order valence-electron chi connectivity index (χ1n) is 7.76. The number of carbonyl (C=O) groups excluding carboxylic acids is 2. The number of methoxy groups -OCH3 is 1. The Hall–Kier alpha value is -1.59. The fraction of sp³-hybridized carbons (Fsp3) is 0.529. The van der Waals surface area contributed by atoms with Gasteiger partial charge in [0.25, 0.3) is 0 Å². The quantitative estimate of drug-likeness (QED) is 0.807. The Labute approximate surface area is 143 Å². The Morgan fingerprint density at radius 3 is 2.30 bits per heavy atom. The van der Waals surface area contributed by atoms with Crippen molar-refractivity contribution in [1.29, 1.82) is 0 Å². The van der Waals surface area contributed by atoms with Gasteiger partial charge in [0.1, 0.15) is 5.75 Å². The van der Waals surface area contributed by atoms with Gasteiger partial charge in [0, 0.05) is 37.5 Å². The molecular weight excluding hydrogens is 316 g/mol. The predicted molar refractivity (Wildman–Crippen MR) is 92.5 cm³/mol. The van der Waals surface area contributed by atoms with Crippen LogP contribution in [0, 0.1) is 0 Å². The monoisotopic (exact) mass is 340 g/mol. The van der Waals surface area contributed by atoms with Gasteiger partial charge in [-0.2, -0.15) is 0 Å². The molecule has 1 fully saturated rings. The molecule has 2 rings (SSSR count). The summed E-state index contributed by atoms with van der Waals surface area (Å²) in [6.45, 7) is 1.56. The van der Waals surface area contributed by atoms with E-state index in [0.29, 0.717) is 11.6 Å². The summed E-state index contributed by atoms with van der Waals surface area (Å²) in [7, 11) is 3.54. The first kappa shape index (κ1) is 19.5. The molecule has 1 N–H and O–H groups in total. The second-order valence-corrected chi connectivity index (χ2v) is 5.60. The molecule has 1 saturated heterocycles. The van der Waals surface area contributed by atoms with Crippen molar-refractivity contribution in [3.8, 4) is 5.75 Å². The van der Waals surface area contributed by atoms with E-state index in [0.717, 1.165) is 31.7 Å². The minimum Gasteiger partial charge on any atom is -0.497 e. The maximum Gasteiger partial charge on any atom is 0.223 e. The molecule has 0 aliphatic carbocycles. The molecule has 1 aromatic carbocycles. The molecule has 0 spiro atoms. The lowest BCUT2D eigenvalue weighted by molar-refractivity contribution is -0.132. The van der Waals surface area contributed by atoms with Crippen LogP contribution in [-0.4, -0.2) is 49.9 Å². The number of carbonyl (C=O) groups is 2. The smallest absolute Gasteiger partial charge is 0.223 e. The van der Waals surface area contributed by atoms with E-state index in [9.17, 15) is 9.59 Å². The molecule has 0 aromatic heterocycles. The Morgan fingerprint density at radius 2 is 1.78 bits per heavy atom. The van der Waals surface area contributed by atoms with Crippen LogP contribution in [0.2, 0.25) is 0 Å². The number of ketones is 1. The summed E-state index contributed by atoms with van der Waals surface area (Å²) in [5, 5.41) is 3.24. The van der Waals surface area contributed by atoms with Crippen molar-refractivity contribution in [3.63, 3.8) is 0 Å². The van der Waals surface area contributed by atoms with Gasteiger partial charge >= 0.3 is 0 Å². The largest absolute Gasteiger partial charge is 0.497 e. The van der Waals surface area contributed by atoms with Crippen molar-refractivity contribution in [2.75, 3.05) is 27.2 Å². The summed E-state index contributed by atoms with van der Waals surface area (Å²) in [4.78, 5) is 26.1. The van der Waals surface area contributed by atoms with Crippen molar-refractivity contribution in [3.05, 3.63) is 29.8 Å². The lowest BCUT2D eigenvalue weighted by atomic mass is 10.0. The van der Waals surface area contributed by atoms with E-state index in [-0.39, 0.29) is 36.9 Å². The summed E-state index contributed by atoms with van der Waals surface area (Å²) < 4.78 is 5.07. The highest BCUT2D eigenvalue weighted by atomic mass is 35.5. The number of Topliss-reactive ketones (excluding diaryl/α,β-unsaturated/α-hetero) is 1. The number of benzene rings is 1. The number of amides is 1. The Bertz CT molecular complexity index is 511. The fourth-order valence-electron chi connectivity index (χ4n) is 2.72. The Kier molecular flexibility index (Phi) is 8.06. The van der Waals surface area contributed by atoms with Crippen molar-refractivity contribution >= 4 is 24.1 Å². The summed E-state index contributed by atoms with van der Waals surface area (Å²) in [6.07, 6.45) is 2.51. The summed E-state index contributed by atoms with van der Waals surface area (Å²) in [5.41, 5.74) is 0.627. The molecule has 0 radical (unpaired) electrons. The van der Waals surface area contributed by atoms with Gasteiger partial charge in [-0.05, 0) is 44.2 Å². The number of nitrogens with one attached hydrogen (secondary N) is 1. The van der Waals surface area contributed by atoms with Crippen LogP contribution >= 0.6 is 12.4 Å². The molecule has 5 nitrogen and oxygen atoms in total. The van der Waals surface area contributed by atoms with E-state index in [1.165, 1.54) is 0 Å². The molecule has 128 valence electrons. The molecule has 0 unspecified atom stereocenters. The highest BCUT2D eigenvalue weighted by Crippen LogP contribution is 2.15. The predicted octanol–water partition coefficient (Wildman–Crippen LogP) is 2.29. The van der Waals surface area contributed by atoms with Crippen molar-refractivity contribution in [2.45, 2.75) is 31.7 Å². The highest BCUT2D eigenvalue weighted by molar-refractivity contribution is 5.98. The van der Waals surface area contributed by atoms with Crippen LogP contribution in [-0.2, 0) is 4.79 Å². The summed E-state index contributed by atoms with van der Waals surface area (Å²) in [5.74, 6) is 0.803. The maximum atomic E-state index is 12.2. The fourth-order valence-corrected chi connectivity index (χ4v) is 2.72. The van der Waals surface area contributed by atoms with Crippen molar-refractivity contribution < 1.29 is 14.3 Å². The van der Waals surface area contributed by atoms with Crippen LogP contribution in [0.15, 0.2) is 24.3 Å². The average molecular weight is 341 g/mol. The minimum absolute atomic E-state index is 0. The third-order valence-corrected chi connectivity index (χ3v) is 4.23. The molecular formula is C17H25ClN2O3. The topological polar surface area (TPSA) is 58.6 Å². The number of likely N-dealkylation sites (tertiary alicyclic amines) is 1. The molecule has 1 aromatic rings. The summed E-state index contributed by atoms with van der Waals surface area (Å²) >= 11 is 0. The Morgan fingerprint density at radius 1 is 1.17 bits per heavy atom. The highest BCUT2D eigenvalue weighted by Gasteiger charge is 2.22. The van der Waals surface area contributed by atoms with Gasteiger partial charge in [-0.3, -0.25) is 9.59 Å². The van der Waals surface area contributed by atoms with Crippen LogP contribution in [0.25, 0.3) is 0 Å². The van der Waals surface area contributed by atoms with Crippen LogP contribution in [0.3, 0.4) is 0 Å². The number of ether oxygens (including phenoxy) is 1. The van der Waals surface area contributed by atoms with Crippen molar-refractivity contribution in [2.24, 2.45) is 0 Å². The van der Waals surface area contributed by atoms with E-state index in [2.05, 4.69) is 5.32 Å². The second kappa shape index (κ2) is 9.53. The van der Waals surface area contributed by atoms with E-state index in [1.807, 2.05) is 11.9 Å². The second-order valence-electron chi connectivity index (χ2n) is 5.60. The molecule has 0 bridgehead atoms. The van der Waals surface area contributed by atoms with Gasteiger partial charge in [-0.25, -0.2) is 0 Å². The lowest BCUT2D eigenvalue weighted by Crippen LogP contribution is -2.44. The minimum atomic E-state index is 0. The molecule has 0 atom stereocenters. The number of hydrogen-bond acceptors (Lipinski definition) is 4. The molecule has 6 heteroatoms. The van der Waals surface area contributed by atoms with Crippen molar-refractivity contribution in [1.82, 2.24) is 10.2 Å². The zero-order valence-electron chi connectivity index (χ0n) is 13.7. The molecule has 0 saturated carbocycles. The number of rotatable bonds is 6. The summed E-state index contributed by atoms with van der Waals surface area (Å²) in [6, 6.07) is 7.51. The number of piperidine rings is 1. The van der Waals surface area contributed by atoms with Crippen LogP contribution in [0.4, 0.5) is 0 Å². The molecule has 1 aliphatic heterocycles. The number of nitrogens with zero attached hydrogens (tertiary/aromatic N) is 1. The van der Waals surface area contributed by atoms with E-state index in [4.69, 9.17) is 4.74 Å². The molecule has 1 amide bonds. The Balaban J connectivity index is 0.00000264. The van der Waals surface area contributed by atoms with Gasteiger partial charge in [-0.15, -0.1) is 12.4 Å². The van der Waals surface area contributed by atoms with Crippen LogP contribution in [0.5, 0.6) is 5.75 Å². The normalized spacial score (nSPS) is 15.0. The average Bonchev–Trinajstić information content (AvgIpc) is 2.59. The van der Waals surface area contributed by atoms with E-state index >= 15 is 0 Å². The zero-order valence-corrected chi connectivity index (χ0v) is 14.5. The first-order chi connectivity index (χ1) is 10.6. The number of halogens is 1. The van der Waals surface area contributed by atoms with E-state index in [1.54, 1.807) is 31.4 Å². The zero-order chi connectivity index (χ0) is 15.9.